The van der Waals surface area contributed by atoms with Gasteiger partial charge in [-0.25, -0.2) is 0 Å². The van der Waals surface area contributed by atoms with Crippen LogP contribution in [0.25, 0.3) is 0 Å². The number of pyridine rings is 1. The maximum absolute atomic E-state index is 12.3. The van der Waals surface area contributed by atoms with Gasteiger partial charge in [-0.15, -0.1) is 0 Å². The van der Waals surface area contributed by atoms with E-state index in [1.807, 2.05) is 0 Å². The van der Waals surface area contributed by atoms with E-state index in [-0.39, 0.29) is 5.84 Å². The zero-order valence-corrected chi connectivity index (χ0v) is 11.4. The fraction of sp³-hybridized carbons (Fsp3) is 0.167. The molecule has 21 heavy (non-hydrogen) atoms. The number of methoxy groups -OCH3 is 1. The Morgan fingerprint density at radius 1 is 1.48 bits per heavy atom. The standard InChI is InChI=1S/C12H14N6O3/c1-18-11(8(5-15-18)10(13)17-20)16-12(19)7-3-4-14-6-9(7)21-2/h3-6,20H,1-2H3,(H2,13,17)(H,16,19). The first-order valence-electron chi connectivity index (χ1n) is 5.87. The van der Waals surface area contributed by atoms with Crippen LogP contribution in [0.5, 0.6) is 5.75 Å². The number of nitrogens with two attached hydrogens (primary N) is 1. The molecule has 0 saturated carbocycles. The summed E-state index contributed by atoms with van der Waals surface area (Å²) in [6.07, 6.45) is 4.29. The Bertz CT molecular complexity index is 694. The van der Waals surface area contributed by atoms with Crippen LogP contribution in [0.4, 0.5) is 5.82 Å². The van der Waals surface area contributed by atoms with Crippen molar-refractivity contribution in [2.24, 2.45) is 17.9 Å². The Balaban J connectivity index is 2.34. The molecular formula is C12H14N6O3. The second kappa shape index (κ2) is 5.90. The third-order valence-electron chi connectivity index (χ3n) is 2.80. The van der Waals surface area contributed by atoms with E-state index in [9.17, 15) is 4.79 Å². The summed E-state index contributed by atoms with van der Waals surface area (Å²) in [6.45, 7) is 0. The summed E-state index contributed by atoms with van der Waals surface area (Å²) in [5.74, 6) is 0.0571. The van der Waals surface area contributed by atoms with Crippen molar-refractivity contribution < 1.29 is 14.7 Å². The van der Waals surface area contributed by atoms with E-state index in [2.05, 4.69) is 20.6 Å². The quantitative estimate of drug-likeness (QED) is 0.319. The van der Waals surface area contributed by atoms with E-state index in [0.717, 1.165) is 0 Å². The Morgan fingerprint density at radius 2 is 2.24 bits per heavy atom. The fourth-order valence-electron chi connectivity index (χ4n) is 1.73. The van der Waals surface area contributed by atoms with E-state index in [4.69, 9.17) is 15.7 Å². The molecule has 0 aliphatic rings. The highest BCUT2D eigenvalue weighted by Gasteiger charge is 2.18. The van der Waals surface area contributed by atoms with Crippen LogP contribution in [0, 0.1) is 0 Å². The number of carbonyl (C=O) groups excluding carboxylic acids is 1. The molecular weight excluding hydrogens is 276 g/mol. The lowest BCUT2D eigenvalue weighted by Gasteiger charge is -2.10. The van der Waals surface area contributed by atoms with Gasteiger partial charge < -0.3 is 21.0 Å². The molecule has 0 aliphatic carbocycles. The second-order valence-corrected chi connectivity index (χ2v) is 4.05. The van der Waals surface area contributed by atoms with Crippen molar-refractivity contribution in [3.8, 4) is 5.75 Å². The molecule has 2 aromatic rings. The average Bonchev–Trinajstić information content (AvgIpc) is 2.87. The molecule has 4 N–H and O–H groups in total. The van der Waals surface area contributed by atoms with Crippen LogP contribution in [0.1, 0.15) is 15.9 Å². The molecule has 0 unspecified atom stereocenters. The molecule has 0 atom stereocenters. The van der Waals surface area contributed by atoms with Gasteiger partial charge in [-0.3, -0.25) is 14.5 Å². The number of carbonyl (C=O) groups is 1. The smallest absolute Gasteiger partial charge is 0.260 e. The first-order chi connectivity index (χ1) is 10.1. The monoisotopic (exact) mass is 290 g/mol. The van der Waals surface area contributed by atoms with Gasteiger partial charge in [-0.1, -0.05) is 5.16 Å². The molecule has 9 nitrogen and oxygen atoms in total. The van der Waals surface area contributed by atoms with Crippen LogP contribution in [0.15, 0.2) is 29.8 Å². The predicted molar refractivity (Wildman–Crippen MR) is 74.5 cm³/mol. The lowest BCUT2D eigenvalue weighted by molar-refractivity contribution is 0.102. The Hall–Kier alpha value is -3.10. The van der Waals surface area contributed by atoms with E-state index in [1.165, 1.54) is 36.4 Å². The molecule has 9 heteroatoms. The summed E-state index contributed by atoms with van der Waals surface area (Å²) in [5.41, 5.74) is 6.15. The second-order valence-electron chi connectivity index (χ2n) is 4.05. The number of hydrogen-bond acceptors (Lipinski definition) is 6. The number of oxime groups is 1. The van der Waals surface area contributed by atoms with Gasteiger partial charge >= 0.3 is 0 Å². The van der Waals surface area contributed by atoms with Crippen molar-refractivity contribution in [2.45, 2.75) is 0 Å². The first-order valence-corrected chi connectivity index (χ1v) is 5.87. The van der Waals surface area contributed by atoms with E-state index in [0.29, 0.717) is 22.7 Å². The van der Waals surface area contributed by atoms with Crippen molar-refractivity contribution in [3.05, 3.63) is 35.8 Å². The summed E-state index contributed by atoms with van der Waals surface area (Å²) < 4.78 is 6.48. The number of rotatable bonds is 4. The van der Waals surface area contributed by atoms with Gasteiger partial charge in [0.05, 0.1) is 30.6 Å². The van der Waals surface area contributed by atoms with Crippen LogP contribution in [-0.2, 0) is 7.05 Å². The van der Waals surface area contributed by atoms with Crippen LogP contribution >= 0.6 is 0 Å². The van der Waals surface area contributed by atoms with Crippen LogP contribution < -0.4 is 15.8 Å². The lowest BCUT2D eigenvalue weighted by Crippen LogP contribution is -2.20. The average molecular weight is 290 g/mol. The van der Waals surface area contributed by atoms with Gasteiger partial charge in [0, 0.05) is 13.2 Å². The van der Waals surface area contributed by atoms with Gasteiger partial charge in [0.2, 0.25) is 0 Å². The maximum Gasteiger partial charge on any atom is 0.260 e. The highest BCUT2D eigenvalue weighted by atomic mass is 16.5. The third kappa shape index (κ3) is 2.76. The van der Waals surface area contributed by atoms with E-state index in [1.54, 1.807) is 7.05 Å². The van der Waals surface area contributed by atoms with Gasteiger partial charge in [-0.05, 0) is 6.07 Å². The normalized spacial score (nSPS) is 11.2. The van der Waals surface area contributed by atoms with Crippen molar-refractivity contribution in [1.29, 1.82) is 0 Å². The first kappa shape index (κ1) is 14.3. The number of amides is 1. The van der Waals surface area contributed by atoms with Gasteiger partial charge in [0.15, 0.2) is 5.84 Å². The minimum atomic E-state index is -0.426. The van der Waals surface area contributed by atoms with Gasteiger partial charge in [0.25, 0.3) is 5.91 Å². The molecule has 0 fully saturated rings. The molecule has 2 rings (SSSR count). The molecule has 2 heterocycles. The minimum Gasteiger partial charge on any atom is -0.494 e. The highest BCUT2D eigenvalue weighted by Crippen LogP contribution is 2.19. The molecule has 0 spiro atoms. The summed E-state index contributed by atoms with van der Waals surface area (Å²) in [5, 5.41) is 18.2. The predicted octanol–water partition coefficient (Wildman–Crippen LogP) is 0.170. The van der Waals surface area contributed by atoms with Crippen LogP contribution in [0.2, 0.25) is 0 Å². The number of hydrogen-bond donors (Lipinski definition) is 3. The Labute approximate surface area is 120 Å². The number of ether oxygens (including phenoxy) is 1. The summed E-state index contributed by atoms with van der Waals surface area (Å²) in [4.78, 5) is 16.2. The SMILES string of the molecule is COc1cnccc1C(=O)Nc1c(/C(N)=N/O)cnn1C. The van der Waals surface area contributed by atoms with Gasteiger partial charge in [-0.2, -0.15) is 5.10 Å². The molecule has 0 aliphatic heterocycles. The van der Waals surface area contributed by atoms with Crippen molar-refractivity contribution in [3.63, 3.8) is 0 Å². The number of anilines is 1. The summed E-state index contributed by atoms with van der Waals surface area (Å²) in [6, 6.07) is 1.52. The van der Waals surface area contributed by atoms with Crippen molar-refractivity contribution >= 4 is 17.6 Å². The number of nitrogens with zero attached hydrogens (tertiary/aromatic N) is 4. The van der Waals surface area contributed by atoms with E-state index < -0.39 is 5.91 Å². The molecule has 110 valence electrons. The number of amidine groups is 1. The zero-order chi connectivity index (χ0) is 15.4. The van der Waals surface area contributed by atoms with Crippen LogP contribution in [0.3, 0.4) is 0 Å². The molecule has 0 radical (unpaired) electrons. The zero-order valence-electron chi connectivity index (χ0n) is 11.4. The third-order valence-corrected chi connectivity index (χ3v) is 2.80. The Morgan fingerprint density at radius 3 is 2.90 bits per heavy atom. The molecule has 1 amide bonds. The highest BCUT2D eigenvalue weighted by molar-refractivity contribution is 6.10. The molecule has 0 saturated heterocycles. The van der Waals surface area contributed by atoms with E-state index >= 15 is 0 Å². The number of aromatic nitrogens is 3. The Kier molecular flexibility index (Phi) is 4.02. The molecule has 2 aromatic heterocycles. The van der Waals surface area contributed by atoms with Gasteiger partial charge in [0.1, 0.15) is 11.6 Å². The fourth-order valence-corrected chi connectivity index (χ4v) is 1.73. The van der Waals surface area contributed by atoms with Crippen molar-refractivity contribution in [2.75, 3.05) is 12.4 Å². The molecule has 0 aromatic carbocycles. The lowest BCUT2D eigenvalue weighted by atomic mass is 10.2. The molecule has 0 bridgehead atoms. The largest absolute Gasteiger partial charge is 0.494 e. The number of nitrogens with one attached hydrogen (secondary N) is 1. The topological polar surface area (TPSA) is 128 Å². The maximum atomic E-state index is 12.3. The minimum absolute atomic E-state index is 0.153. The summed E-state index contributed by atoms with van der Waals surface area (Å²) in [7, 11) is 3.06. The number of aryl methyl sites for hydroxylation is 1. The van der Waals surface area contributed by atoms with Crippen LogP contribution in [-0.4, -0.2) is 38.8 Å². The van der Waals surface area contributed by atoms with Crippen molar-refractivity contribution in [1.82, 2.24) is 14.8 Å². The summed E-state index contributed by atoms with van der Waals surface area (Å²) >= 11 is 0.